The van der Waals surface area contributed by atoms with E-state index in [4.69, 9.17) is 0 Å². The van der Waals surface area contributed by atoms with Crippen molar-refractivity contribution in [2.75, 3.05) is 0 Å². The van der Waals surface area contributed by atoms with E-state index in [9.17, 15) is 0 Å². The van der Waals surface area contributed by atoms with Crippen molar-refractivity contribution in [2.24, 2.45) is 0 Å². The maximum Gasteiger partial charge on any atom is 0.0717 e. The average molecular weight is 309 g/mol. The van der Waals surface area contributed by atoms with Crippen LogP contribution in [0.15, 0.2) is 36.8 Å². The average Bonchev–Trinajstić information content (AvgIpc) is 2.37. The Morgan fingerprint density at radius 1 is 0.632 bits per heavy atom. The lowest BCUT2D eigenvalue weighted by Gasteiger charge is -2.39. The standard InChI is InChI=1S/C16H32Si3/c1-7-17(4)13-11-10-12-14-18(5,8-2)16-19(6,9-3)15-17/h7-9H,1-3,10-16H2,4-6H3. The Hall–Kier alpha value is -0.129. The minimum absolute atomic E-state index is 1.24. The van der Waals surface area contributed by atoms with Crippen LogP contribution in [-0.4, -0.2) is 24.2 Å². The molecule has 1 aliphatic heterocycles. The Morgan fingerprint density at radius 2 is 1.00 bits per heavy atom. The predicted molar refractivity (Wildman–Crippen MR) is 98.5 cm³/mol. The topological polar surface area (TPSA) is 0 Å². The Labute approximate surface area is 123 Å². The molecule has 0 amide bonds. The van der Waals surface area contributed by atoms with Crippen molar-refractivity contribution in [3.8, 4) is 0 Å². The lowest BCUT2D eigenvalue weighted by molar-refractivity contribution is 0.754. The van der Waals surface area contributed by atoms with Crippen LogP contribution in [0.4, 0.5) is 0 Å². The van der Waals surface area contributed by atoms with Gasteiger partial charge in [0.2, 0.25) is 0 Å². The summed E-state index contributed by atoms with van der Waals surface area (Å²) in [6, 6.07) is 2.89. The molecule has 1 rings (SSSR count). The van der Waals surface area contributed by atoms with Crippen molar-refractivity contribution >= 4 is 24.2 Å². The minimum atomic E-state index is -1.32. The van der Waals surface area contributed by atoms with E-state index in [0.717, 1.165) is 0 Å². The van der Waals surface area contributed by atoms with Gasteiger partial charge in [0.25, 0.3) is 0 Å². The summed E-state index contributed by atoms with van der Waals surface area (Å²) in [4.78, 5) is 0. The van der Waals surface area contributed by atoms with Crippen LogP contribution in [-0.2, 0) is 0 Å². The molecule has 1 fully saturated rings. The van der Waals surface area contributed by atoms with E-state index in [1.165, 1.54) is 42.7 Å². The largest absolute Gasteiger partial charge is 0.107 e. The highest BCUT2D eigenvalue weighted by molar-refractivity contribution is 7.07. The van der Waals surface area contributed by atoms with E-state index < -0.39 is 24.2 Å². The molecule has 2 atom stereocenters. The van der Waals surface area contributed by atoms with Crippen molar-refractivity contribution in [2.45, 2.75) is 62.3 Å². The summed E-state index contributed by atoms with van der Waals surface area (Å²) >= 11 is 0. The van der Waals surface area contributed by atoms with E-state index in [-0.39, 0.29) is 0 Å². The van der Waals surface area contributed by atoms with Crippen LogP contribution >= 0.6 is 0 Å². The molecule has 0 aliphatic carbocycles. The molecule has 108 valence electrons. The summed E-state index contributed by atoms with van der Waals surface area (Å²) in [7, 11) is -3.79. The minimum Gasteiger partial charge on any atom is -0.107 e. The van der Waals surface area contributed by atoms with Crippen molar-refractivity contribution < 1.29 is 0 Å². The quantitative estimate of drug-likeness (QED) is 0.590. The lowest BCUT2D eigenvalue weighted by Crippen LogP contribution is -2.48. The van der Waals surface area contributed by atoms with Gasteiger partial charge in [-0.1, -0.05) is 62.3 Å². The Kier molecular flexibility index (Phi) is 5.83. The van der Waals surface area contributed by atoms with E-state index in [1.807, 2.05) is 0 Å². The summed E-state index contributed by atoms with van der Waals surface area (Å²) in [5.74, 6) is 0. The van der Waals surface area contributed by atoms with Gasteiger partial charge in [-0.3, -0.25) is 0 Å². The molecule has 3 heteroatoms. The zero-order valence-electron chi connectivity index (χ0n) is 13.3. The van der Waals surface area contributed by atoms with Crippen LogP contribution in [0.3, 0.4) is 0 Å². The molecule has 1 aliphatic rings. The molecule has 19 heavy (non-hydrogen) atoms. The Balaban J connectivity index is 3.04. The van der Waals surface area contributed by atoms with Crippen molar-refractivity contribution in [1.82, 2.24) is 0 Å². The van der Waals surface area contributed by atoms with Gasteiger partial charge in [-0.2, -0.15) is 0 Å². The van der Waals surface area contributed by atoms with Crippen LogP contribution in [0.2, 0.25) is 43.1 Å². The summed E-state index contributed by atoms with van der Waals surface area (Å²) in [5.41, 5.74) is 10.0. The van der Waals surface area contributed by atoms with E-state index in [1.54, 1.807) is 0 Å². The van der Waals surface area contributed by atoms with E-state index in [0.29, 0.717) is 0 Å². The number of hydrogen-bond donors (Lipinski definition) is 0. The Bertz CT molecular complexity index is 324. The van der Waals surface area contributed by atoms with Crippen LogP contribution in [0.25, 0.3) is 0 Å². The van der Waals surface area contributed by atoms with E-state index in [2.05, 4.69) is 56.5 Å². The van der Waals surface area contributed by atoms with Crippen LogP contribution < -0.4 is 0 Å². The van der Waals surface area contributed by atoms with Crippen molar-refractivity contribution in [3.63, 3.8) is 0 Å². The fourth-order valence-corrected chi connectivity index (χ4v) is 26.4. The summed E-state index contributed by atoms with van der Waals surface area (Å²) in [5, 5.41) is 0. The molecular formula is C16H32Si3. The van der Waals surface area contributed by atoms with Crippen LogP contribution in [0.1, 0.15) is 19.3 Å². The van der Waals surface area contributed by atoms with Gasteiger partial charge in [-0.05, 0) is 0 Å². The Morgan fingerprint density at radius 3 is 1.32 bits per heavy atom. The summed E-state index contributed by atoms with van der Waals surface area (Å²) in [6.07, 6.45) is 4.25. The number of hydrogen-bond acceptors (Lipinski definition) is 0. The van der Waals surface area contributed by atoms with Gasteiger partial charge < -0.3 is 0 Å². The van der Waals surface area contributed by atoms with Gasteiger partial charge in [0.05, 0.1) is 24.2 Å². The maximum absolute atomic E-state index is 4.22. The SMILES string of the molecule is C=C[Si]1(C)CCCCC[Si](C)(C=C)C[Si](C)(C=C)C1. The first-order chi connectivity index (χ1) is 8.80. The smallest absolute Gasteiger partial charge is 0.0717 e. The van der Waals surface area contributed by atoms with Crippen LogP contribution in [0.5, 0.6) is 0 Å². The first kappa shape index (κ1) is 16.9. The number of rotatable bonds is 3. The summed E-state index contributed by atoms with van der Waals surface area (Å²) in [6.45, 7) is 20.2. The monoisotopic (exact) mass is 308 g/mol. The second kappa shape index (κ2) is 6.55. The second-order valence-electron chi connectivity index (χ2n) is 7.49. The third-order valence-electron chi connectivity index (χ3n) is 5.09. The predicted octanol–water partition coefficient (Wildman–Crippen LogP) is 5.66. The molecular weight excluding hydrogens is 276 g/mol. The molecule has 0 nitrogen and oxygen atoms in total. The van der Waals surface area contributed by atoms with Gasteiger partial charge in [0, 0.05) is 0 Å². The van der Waals surface area contributed by atoms with Gasteiger partial charge in [0.1, 0.15) is 0 Å². The van der Waals surface area contributed by atoms with Gasteiger partial charge >= 0.3 is 0 Å². The van der Waals surface area contributed by atoms with Gasteiger partial charge in [-0.25, -0.2) is 0 Å². The fourth-order valence-electron chi connectivity index (χ4n) is 3.81. The molecule has 0 spiro atoms. The molecule has 0 aromatic carbocycles. The molecule has 0 aromatic heterocycles. The molecule has 1 heterocycles. The third kappa shape index (κ3) is 4.72. The molecule has 2 unspecified atom stereocenters. The molecule has 0 saturated carbocycles. The third-order valence-corrected chi connectivity index (χ3v) is 24.0. The maximum atomic E-state index is 4.22. The van der Waals surface area contributed by atoms with Crippen molar-refractivity contribution in [1.29, 1.82) is 0 Å². The second-order valence-corrected chi connectivity index (χ2v) is 22.5. The molecule has 1 saturated heterocycles. The normalized spacial score (nSPS) is 41.2. The molecule has 0 bridgehead atoms. The highest BCUT2D eigenvalue weighted by Gasteiger charge is 2.40. The zero-order chi connectivity index (χ0) is 14.6. The van der Waals surface area contributed by atoms with Gasteiger partial charge in [0.15, 0.2) is 0 Å². The highest BCUT2D eigenvalue weighted by Crippen LogP contribution is 2.36. The molecule has 0 radical (unpaired) electrons. The zero-order valence-corrected chi connectivity index (χ0v) is 16.3. The first-order valence-electron chi connectivity index (χ1n) is 7.71. The highest BCUT2D eigenvalue weighted by atomic mass is 28.4. The first-order valence-corrected chi connectivity index (χ1v) is 16.7. The summed E-state index contributed by atoms with van der Waals surface area (Å²) < 4.78 is 0. The van der Waals surface area contributed by atoms with E-state index >= 15 is 0 Å². The van der Waals surface area contributed by atoms with Crippen molar-refractivity contribution in [3.05, 3.63) is 36.8 Å². The molecule has 0 aromatic rings. The molecule has 0 N–H and O–H groups in total. The lowest BCUT2D eigenvalue weighted by atomic mass is 10.3. The van der Waals surface area contributed by atoms with Crippen LogP contribution in [0, 0.1) is 0 Å². The van der Waals surface area contributed by atoms with Gasteiger partial charge in [-0.15, -0.1) is 36.8 Å². The fraction of sp³-hybridized carbons (Fsp3) is 0.625.